The van der Waals surface area contributed by atoms with E-state index >= 15 is 0 Å². The highest BCUT2D eigenvalue weighted by Gasteiger charge is 2.31. The number of nitrogens with one attached hydrogen (secondary N) is 1. The second-order valence-corrected chi connectivity index (χ2v) is 6.59. The van der Waals surface area contributed by atoms with Crippen LogP contribution in [-0.2, 0) is 11.3 Å². The molecule has 5 heteroatoms. The topological polar surface area (TPSA) is 57.6 Å². The van der Waals surface area contributed by atoms with Crippen molar-refractivity contribution in [1.82, 2.24) is 10.3 Å². The van der Waals surface area contributed by atoms with Gasteiger partial charge in [-0.3, -0.25) is 0 Å². The number of rotatable bonds is 6. The van der Waals surface area contributed by atoms with Gasteiger partial charge >= 0.3 is 0 Å². The van der Waals surface area contributed by atoms with E-state index in [1.54, 1.807) is 0 Å². The molecule has 2 aliphatic heterocycles. The van der Waals surface area contributed by atoms with E-state index in [0.717, 1.165) is 58.1 Å². The molecule has 1 aromatic heterocycles. The molecule has 0 amide bonds. The molecule has 3 heterocycles. The Morgan fingerprint density at radius 3 is 2.64 bits per heavy atom. The molecule has 0 saturated carbocycles. The molecule has 1 aromatic rings. The predicted octanol–water partition coefficient (Wildman–Crippen LogP) is 1.56. The van der Waals surface area contributed by atoms with E-state index in [0.29, 0.717) is 0 Å². The monoisotopic (exact) mass is 305 g/mol. The predicted molar refractivity (Wildman–Crippen MR) is 87.0 cm³/mol. The first-order valence-corrected chi connectivity index (χ1v) is 8.41. The highest BCUT2D eigenvalue weighted by molar-refractivity contribution is 5.40. The molecular formula is C17H27N3O2. The van der Waals surface area contributed by atoms with Crippen LogP contribution in [-0.4, -0.2) is 49.5 Å². The summed E-state index contributed by atoms with van der Waals surface area (Å²) in [6.07, 6.45) is 6.39. The third kappa shape index (κ3) is 3.77. The minimum atomic E-state index is -0.0127. The SMILES string of the molecule is OCC1(CNCc2ccc(N3CCCC3)nc2)CCOCC1. The first-order chi connectivity index (χ1) is 10.8. The van der Waals surface area contributed by atoms with Crippen LogP contribution in [0, 0.1) is 5.41 Å². The fraction of sp³-hybridized carbons (Fsp3) is 0.706. The summed E-state index contributed by atoms with van der Waals surface area (Å²) in [6.45, 7) is 5.65. The Labute approximate surface area is 132 Å². The van der Waals surface area contributed by atoms with Gasteiger partial charge in [0, 0.05) is 51.0 Å². The molecule has 0 spiro atoms. The number of nitrogens with zero attached hydrogens (tertiary/aromatic N) is 2. The minimum absolute atomic E-state index is 0.0127. The van der Waals surface area contributed by atoms with Crippen LogP contribution in [0.5, 0.6) is 0 Å². The standard InChI is InChI=1S/C17H27N3O2/c21-14-17(5-9-22-10-6-17)13-18-11-15-3-4-16(19-12-15)20-7-1-2-8-20/h3-4,12,18,21H,1-2,5-11,13-14H2. The van der Waals surface area contributed by atoms with Crippen LogP contribution in [0.1, 0.15) is 31.2 Å². The lowest BCUT2D eigenvalue weighted by Crippen LogP contribution is -2.41. The van der Waals surface area contributed by atoms with E-state index < -0.39 is 0 Å². The number of pyridine rings is 1. The van der Waals surface area contributed by atoms with Crippen LogP contribution in [0.15, 0.2) is 18.3 Å². The van der Waals surface area contributed by atoms with E-state index in [9.17, 15) is 5.11 Å². The van der Waals surface area contributed by atoms with E-state index in [2.05, 4.69) is 27.3 Å². The van der Waals surface area contributed by atoms with Gasteiger partial charge in [-0.15, -0.1) is 0 Å². The number of hydrogen-bond donors (Lipinski definition) is 2. The average molecular weight is 305 g/mol. The summed E-state index contributed by atoms with van der Waals surface area (Å²) in [5, 5.41) is 13.2. The second-order valence-electron chi connectivity index (χ2n) is 6.59. The van der Waals surface area contributed by atoms with Crippen molar-refractivity contribution in [3.8, 4) is 0 Å². The van der Waals surface area contributed by atoms with E-state index in [1.165, 1.54) is 18.4 Å². The van der Waals surface area contributed by atoms with Crippen molar-refractivity contribution < 1.29 is 9.84 Å². The number of aromatic nitrogens is 1. The Bertz CT molecular complexity index is 451. The Hall–Kier alpha value is -1.17. The van der Waals surface area contributed by atoms with Gasteiger partial charge in [-0.05, 0) is 37.3 Å². The zero-order valence-corrected chi connectivity index (χ0v) is 13.3. The quantitative estimate of drug-likeness (QED) is 0.835. The number of hydrogen-bond acceptors (Lipinski definition) is 5. The maximum absolute atomic E-state index is 9.68. The van der Waals surface area contributed by atoms with Crippen molar-refractivity contribution in [3.63, 3.8) is 0 Å². The molecule has 0 unspecified atom stereocenters. The van der Waals surface area contributed by atoms with Gasteiger partial charge in [-0.25, -0.2) is 4.98 Å². The summed E-state index contributed by atoms with van der Waals surface area (Å²) >= 11 is 0. The number of aliphatic hydroxyl groups excluding tert-OH is 1. The summed E-state index contributed by atoms with van der Waals surface area (Å²) in [5.41, 5.74) is 1.18. The lowest BCUT2D eigenvalue weighted by atomic mass is 9.81. The summed E-state index contributed by atoms with van der Waals surface area (Å²) in [4.78, 5) is 6.93. The maximum atomic E-state index is 9.68. The van der Waals surface area contributed by atoms with Crippen molar-refractivity contribution in [2.45, 2.75) is 32.2 Å². The van der Waals surface area contributed by atoms with Gasteiger partial charge < -0.3 is 20.1 Å². The zero-order chi connectivity index (χ0) is 15.3. The van der Waals surface area contributed by atoms with Crippen molar-refractivity contribution in [2.24, 2.45) is 5.41 Å². The van der Waals surface area contributed by atoms with Gasteiger partial charge in [0.25, 0.3) is 0 Å². The number of ether oxygens (including phenoxy) is 1. The Balaban J connectivity index is 1.48. The van der Waals surface area contributed by atoms with Gasteiger partial charge in [0.1, 0.15) is 5.82 Å². The van der Waals surface area contributed by atoms with Crippen LogP contribution in [0.4, 0.5) is 5.82 Å². The van der Waals surface area contributed by atoms with Gasteiger partial charge in [-0.1, -0.05) is 6.07 Å². The molecule has 2 N–H and O–H groups in total. The number of anilines is 1. The summed E-state index contributed by atoms with van der Waals surface area (Å²) in [7, 11) is 0. The molecular weight excluding hydrogens is 278 g/mol. The van der Waals surface area contributed by atoms with Gasteiger partial charge in [0.05, 0.1) is 6.61 Å². The van der Waals surface area contributed by atoms with Crippen LogP contribution in [0.2, 0.25) is 0 Å². The van der Waals surface area contributed by atoms with E-state index in [-0.39, 0.29) is 12.0 Å². The fourth-order valence-corrected chi connectivity index (χ4v) is 3.32. The zero-order valence-electron chi connectivity index (χ0n) is 13.3. The molecule has 2 aliphatic rings. The molecule has 2 saturated heterocycles. The fourth-order valence-electron chi connectivity index (χ4n) is 3.32. The first kappa shape index (κ1) is 15.7. The molecule has 0 aromatic carbocycles. The highest BCUT2D eigenvalue weighted by atomic mass is 16.5. The molecule has 3 rings (SSSR count). The largest absolute Gasteiger partial charge is 0.396 e. The highest BCUT2D eigenvalue weighted by Crippen LogP contribution is 2.29. The molecule has 122 valence electrons. The van der Waals surface area contributed by atoms with Gasteiger partial charge in [0.15, 0.2) is 0 Å². The third-order valence-electron chi connectivity index (χ3n) is 4.96. The van der Waals surface area contributed by atoms with Crippen molar-refractivity contribution in [2.75, 3.05) is 44.4 Å². The van der Waals surface area contributed by atoms with Crippen molar-refractivity contribution in [3.05, 3.63) is 23.9 Å². The van der Waals surface area contributed by atoms with Crippen molar-refractivity contribution in [1.29, 1.82) is 0 Å². The molecule has 5 nitrogen and oxygen atoms in total. The van der Waals surface area contributed by atoms with Crippen LogP contribution < -0.4 is 10.2 Å². The molecule has 0 aliphatic carbocycles. The summed E-state index contributed by atoms with van der Waals surface area (Å²) in [5.74, 6) is 1.09. The summed E-state index contributed by atoms with van der Waals surface area (Å²) < 4.78 is 5.40. The minimum Gasteiger partial charge on any atom is -0.396 e. The molecule has 2 fully saturated rings. The lowest BCUT2D eigenvalue weighted by Gasteiger charge is -2.35. The Morgan fingerprint density at radius 1 is 1.23 bits per heavy atom. The third-order valence-corrected chi connectivity index (χ3v) is 4.96. The first-order valence-electron chi connectivity index (χ1n) is 8.41. The maximum Gasteiger partial charge on any atom is 0.128 e. The lowest BCUT2D eigenvalue weighted by molar-refractivity contribution is -0.0154. The number of aliphatic hydroxyl groups is 1. The van der Waals surface area contributed by atoms with Gasteiger partial charge in [-0.2, -0.15) is 0 Å². The summed E-state index contributed by atoms with van der Waals surface area (Å²) in [6, 6.07) is 4.28. The average Bonchev–Trinajstić information content (AvgIpc) is 3.11. The smallest absolute Gasteiger partial charge is 0.128 e. The molecule has 22 heavy (non-hydrogen) atoms. The van der Waals surface area contributed by atoms with Crippen LogP contribution >= 0.6 is 0 Å². The van der Waals surface area contributed by atoms with E-state index in [1.807, 2.05) is 6.20 Å². The molecule has 0 atom stereocenters. The van der Waals surface area contributed by atoms with Crippen molar-refractivity contribution >= 4 is 5.82 Å². The molecule has 0 bridgehead atoms. The van der Waals surface area contributed by atoms with E-state index in [4.69, 9.17) is 4.74 Å². The van der Waals surface area contributed by atoms with Crippen LogP contribution in [0.3, 0.4) is 0 Å². The van der Waals surface area contributed by atoms with Crippen LogP contribution in [0.25, 0.3) is 0 Å². The van der Waals surface area contributed by atoms with Gasteiger partial charge in [0.2, 0.25) is 0 Å². The Morgan fingerprint density at radius 2 is 2.00 bits per heavy atom. The Kier molecular flexibility index (Phi) is 5.28. The molecule has 0 radical (unpaired) electrons. The second kappa shape index (κ2) is 7.40. The normalized spacial score (nSPS) is 21.2.